The summed E-state index contributed by atoms with van der Waals surface area (Å²) in [5, 5.41) is 27.7. The largest absolute Gasteiger partial charge is 0.495 e. The number of aliphatic hydroxyl groups excluding tert-OH is 3. The van der Waals surface area contributed by atoms with E-state index >= 15 is 0 Å². The second-order valence-corrected chi connectivity index (χ2v) is 6.86. The van der Waals surface area contributed by atoms with E-state index in [1.165, 1.54) is 39.0 Å². The van der Waals surface area contributed by atoms with Crippen LogP contribution in [-0.4, -0.2) is 86.6 Å². The van der Waals surface area contributed by atoms with Crippen molar-refractivity contribution in [2.45, 2.75) is 62.3 Å². The van der Waals surface area contributed by atoms with Crippen LogP contribution in [0.2, 0.25) is 0 Å². The quantitative estimate of drug-likeness (QED) is 0.197. The zero-order chi connectivity index (χ0) is 26.6. The number of hydrogen-bond acceptors (Lipinski definition) is 9. The maximum atomic E-state index is 10.5. The van der Waals surface area contributed by atoms with Crippen molar-refractivity contribution in [1.82, 2.24) is 14.7 Å². The Morgan fingerprint density at radius 3 is 0.735 bits per heavy atom. The third kappa shape index (κ3) is 21.4. The molecule has 3 N–H and O–H groups in total. The zero-order valence-electron chi connectivity index (χ0n) is 22.2. The van der Waals surface area contributed by atoms with Crippen LogP contribution in [0.5, 0.6) is 0 Å². The van der Waals surface area contributed by atoms with E-state index in [9.17, 15) is 29.7 Å². The molecule has 0 unspecified atom stereocenters. The van der Waals surface area contributed by atoms with Gasteiger partial charge in [0, 0.05) is 74.6 Å². The molecule has 0 aliphatic rings. The topological polar surface area (TPSA) is 122 Å². The Balaban J connectivity index is -0.000000196. The van der Waals surface area contributed by atoms with Gasteiger partial charge in [-0.2, -0.15) is 0 Å². The summed E-state index contributed by atoms with van der Waals surface area (Å²) in [4.78, 5) is 36.7. The number of carbonyl (C=O) groups excluding carboxylic acids is 3. The Kier molecular flexibility index (Phi) is 27.0. The van der Waals surface area contributed by atoms with E-state index in [2.05, 4.69) is 0 Å². The van der Waals surface area contributed by atoms with Gasteiger partial charge in [-0.1, -0.05) is 0 Å². The van der Waals surface area contributed by atoms with E-state index < -0.39 is 0 Å². The molecule has 9 nitrogen and oxygen atoms in total. The molecule has 0 rings (SSSR count). The number of allylic oxidation sites excluding steroid dienone is 3. The average molecular weight is 527 g/mol. The van der Waals surface area contributed by atoms with E-state index in [1.54, 1.807) is 14.7 Å². The molecule has 0 bridgehead atoms. The normalized spacial score (nSPS) is 11.0. The second-order valence-electron chi connectivity index (χ2n) is 6.86. The standard InChI is InChI=1S/3C8H15NO2.Fe/c3*1-4-9(5-2)8(11)6-7(3)10;/h3*6,11H,4-5H2,1-3H3;. The molecule has 0 aliphatic heterocycles. The maximum Gasteiger partial charge on any atom is 0.190 e. The van der Waals surface area contributed by atoms with Gasteiger partial charge in [0.2, 0.25) is 0 Å². The van der Waals surface area contributed by atoms with Crippen LogP contribution in [0, 0.1) is 0 Å². The van der Waals surface area contributed by atoms with Crippen molar-refractivity contribution in [2.75, 3.05) is 39.3 Å². The summed E-state index contributed by atoms with van der Waals surface area (Å²) >= 11 is 0. The molecular formula is C24H45FeN3O6. The Morgan fingerprint density at radius 1 is 0.500 bits per heavy atom. The first-order valence-corrected chi connectivity index (χ1v) is 11.3. The van der Waals surface area contributed by atoms with Gasteiger partial charge in [0.15, 0.2) is 35.0 Å². The molecule has 0 atom stereocenters. The molecule has 0 amide bonds. The fourth-order valence-electron chi connectivity index (χ4n) is 2.46. The third-order valence-electron chi connectivity index (χ3n) is 4.26. The first-order chi connectivity index (χ1) is 15.3. The van der Waals surface area contributed by atoms with Gasteiger partial charge in [0.05, 0.1) is 0 Å². The van der Waals surface area contributed by atoms with Crippen molar-refractivity contribution in [3.05, 3.63) is 35.9 Å². The zero-order valence-corrected chi connectivity index (χ0v) is 23.3. The van der Waals surface area contributed by atoms with Gasteiger partial charge >= 0.3 is 0 Å². The van der Waals surface area contributed by atoms with Crippen LogP contribution in [0.1, 0.15) is 62.3 Å². The Morgan fingerprint density at radius 2 is 0.647 bits per heavy atom. The molecule has 0 saturated heterocycles. The fourth-order valence-corrected chi connectivity index (χ4v) is 2.46. The molecule has 0 aromatic carbocycles. The molecule has 200 valence electrons. The van der Waals surface area contributed by atoms with E-state index in [4.69, 9.17) is 0 Å². The van der Waals surface area contributed by atoms with E-state index in [1.807, 2.05) is 41.5 Å². The summed E-state index contributed by atoms with van der Waals surface area (Å²) in [6.07, 6.45) is 3.69. The molecule has 0 spiro atoms. The number of carbonyl (C=O) groups is 3. The minimum Gasteiger partial charge on any atom is -0.495 e. The summed E-state index contributed by atoms with van der Waals surface area (Å²) in [5.41, 5.74) is 0. The van der Waals surface area contributed by atoms with Crippen LogP contribution in [0.3, 0.4) is 0 Å². The predicted octanol–water partition coefficient (Wildman–Crippen LogP) is 3.95. The van der Waals surface area contributed by atoms with E-state index in [0.29, 0.717) is 39.3 Å². The van der Waals surface area contributed by atoms with Crippen molar-refractivity contribution in [3.8, 4) is 0 Å². The van der Waals surface area contributed by atoms with Crippen molar-refractivity contribution in [2.24, 2.45) is 0 Å². The van der Waals surface area contributed by atoms with Gasteiger partial charge in [0.25, 0.3) is 0 Å². The van der Waals surface area contributed by atoms with Crippen LogP contribution in [0.4, 0.5) is 0 Å². The predicted molar refractivity (Wildman–Crippen MR) is 133 cm³/mol. The number of rotatable bonds is 12. The SMILES string of the molecule is CCN(CC)C(O)=CC(C)=O.CCN(CC)C(O)=CC(C)=O.CCN(CC)C(O)=CC(C)=O.[Fe]. The molecule has 10 heteroatoms. The molecule has 0 fully saturated rings. The monoisotopic (exact) mass is 527 g/mol. The van der Waals surface area contributed by atoms with Gasteiger partial charge in [0.1, 0.15) is 0 Å². The van der Waals surface area contributed by atoms with Crippen LogP contribution in [0.15, 0.2) is 35.9 Å². The minimum absolute atomic E-state index is 0. The van der Waals surface area contributed by atoms with Gasteiger partial charge < -0.3 is 30.0 Å². The number of ketones is 3. The Bertz CT molecular complexity index is 575. The van der Waals surface area contributed by atoms with Crippen LogP contribution in [-0.2, 0) is 31.5 Å². The van der Waals surface area contributed by atoms with Gasteiger partial charge in [-0.15, -0.1) is 0 Å². The average Bonchev–Trinajstić information content (AvgIpc) is 2.70. The fraction of sp³-hybridized carbons (Fsp3) is 0.625. The molecule has 0 aliphatic carbocycles. The van der Waals surface area contributed by atoms with Crippen molar-refractivity contribution in [1.29, 1.82) is 0 Å². The first-order valence-electron chi connectivity index (χ1n) is 11.3. The molecule has 0 aromatic heterocycles. The molecule has 0 heterocycles. The van der Waals surface area contributed by atoms with Crippen LogP contribution >= 0.6 is 0 Å². The summed E-state index contributed by atoms with van der Waals surface area (Å²) in [5.74, 6) is -0.217. The Labute approximate surface area is 216 Å². The van der Waals surface area contributed by atoms with Crippen molar-refractivity contribution < 1.29 is 46.8 Å². The number of nitrogens with zero attached hydrogens (tertiary/aromatic N) is 3. The van der Waals surface area contributed by atoms with Gasteiger partial charge in [-0.3, -0.25) is 14.4 Å². The van der Waals surface area contributed by atoms with Gasteiger partial charge in [-0.05, 0) is 62.3 Å². The van der Waals surface area contributed by atoms with Crippen molar-refractivity contribution in [3.63, 3.8) is 0 Å². The van der Waals surface area contributed by atoms with Crippen LogP contribution < -0.4 is 0 Å². The molecule has 0 saturated carbocycles. The van der Waals surface area contributed by atoms with Crippen LogP contribution in [0.25, 0.3) is 0 Å². The summed E-state index contributed by atoms with van der Waals surface area (Å²) in [6.45, 7) is 20.1. The smallest absolute Gasteiger partial charge is 0.190 e. The molecule has 0 radical (unpaired) electrons. The summed E-state index contributed by atoms with van der Waals surface area (Å²) in [6, 6.07) is 0. The first kappa shape index (κ1) is 38.8. The molecular weight excluding hydrogens is 482 g/mol. The molecule has 0 aromatic rings. The van der Waals surface area contributed by atoms with E-state index in [0.717, 1.165) is 0 Å². The minimum atomic E-state index is -0.130. The van der Waals surface area contributed by atoms with Crippen molar-refractivity contribution >= 4 is 17.3 Å². The number of hydrogen-bond donors (Lipinski definition) is 3. The van der Waals surface area contributed by atoms with Gasteiger partial charge in [-0.25, -0.2) is 0 Å². The molecule has 34 heavy (non-hydrogen) atoms. The Hall–Kier alpha value is -2.45. The third-order valence-corrected chi connectivity index (χ3v) is 4.26. The summed E-state index contributed by atoms with van der Waals surface area (Å²) in [7, 11) is 0. The summed E-state index contributed by atoms with van der Waals surface area (Å²) < 4.78 is 0. The second kappa shape index (κ2) is 23.7. The number of aliphatic hydroxyl groups is 3. The van der Waals surface area contributed by atoms with E-state index in [-0.39, 0.29) is 52.1 Å². The maximum absolute atomic E-state index is 10.5.